The zero-order valence-corrected chi connectivity index (χ0v) is 10.3. The molecule has 0 spiro atoms. The summed E-state index contributed by atoms with van der Waals surface area (Å²) >= 11 is 1.86. The van der Waals surface area contributed by atoms with Crippen molar-refractivity contribution in [2.45, 2.75) is 30.8 Å². The van der Waals surface area contributed by atoms with Crippen LogP contribution in [0.2, 0.25) is 0 Å². The Hall–Kier alpha value is -1.00. The number of benzene rings is 1. The van der Waals surface area contributed by atoms with Gasteiger partial charge in [0.15, 0.2) is 0 Å². The van der Waals surface area contributed by atoms with E-state index in [0.29, 0.717) is 11.7 Å². The summed E-state index contributed by atoms with van der Waals surface area (Å²) in [6.45, 7) is 2.14. The zero-order chi connectivity index (χ0) is 11.8. The quantitative estimate of drug-likeness (QED) is 0.453. The number of nitrogens with one attached hydrogen (secondary N) is 1. The molecule has 0 aliphatic carbocycles. The van der Waals surface area contributed by atoms with Gasteiger partial charge in [-0.15, -0.1) is 0 Å². The summed E-state index contributed by atoms with van der Waals surface area (Å²) in [5, 5.41) is 0.470. The molecule has 3 nitrogen and oxygen atoms in total. The van der Waals surface area contributed by atoms with Gasteiger partial charge in [-0.3, -0.25) is 10.2 Å². The van der Waals surface area contributed by atoms with Crippen LogP contribution in [0.25, 0.3) is 0 Å². The van der Waals surface area contributed by atoms with Crippen LogP contribution in [0.15, 0.2) is 30.3 Å². The van der Waals surface area contributed by atoms with Crippen molar-refractivity contribution in [3.05, 3.63) is 35.9 Å². The van der Waals surface area contributed by atoms with E-state index in [1.165, 1.54) is 5.56 Å². The summed E-state index contributed by atoms with van der Waals surface area (Å²) in [5.41, 5.74) is 3.47. The maximum atomic E-state index is 10.9. The summed E-state index contributed by atoms with van der Waals surface area (Å²) in [4.78, 5) is 10.9. The smallest absolute Gasteiger partial charge is 0.233 e. The Labute approximate surface area is 101 Å². The molecule has 0 aliphatic heterocycles. The maximum Gasteiger partial charge on any atom is 0.233 e. The molecule has 1 unspecified atom stereocenters. The van der Waals surface area contributed by atoms with Crippen LogP contribution in [0.3, 0.4) is 0 Å². The number of amides is 1. The SMILES string of the molecule is CC(CCC(=O)NN)SCc1ccccc1. The Kier molecular flexibility index (Phi) is 5.96. The summed E-state index contributed by atoms with van der Waals surface area (Å²) in [5.74, 6) is 5.92. The Bertz CT molecular complexity index is 316. The van der Waals surface area contributed by atoms with Gasteiger partial charge in [-0.05, 0) is 12.0 Å². The molecule has 1 aromatic carbocycles. The van der Waals surface area contributed by atoms with Gasteiger partial charge in [-0.25, -0.2) is 5.84 Å². The summed E-state index contributed by atoms with van der Waals surface area (Å²) < 4.78 is 0. The van der Waals surface area contributed by atoms with Crippen LogP contribution in [-0.4, -0.2) is 11.2 Å². The van der Waals surface area contributed by atoms with E-state index < -0.39 is 0 Å². The van der Waals surface area contributed by atoms with Gasteiger partial charge < -0.3 is 0 Å². The monoisotopic (exact) mass is 238 g/mol. The van der Waals surface area contributed by atoms with E-state index in [9.17, 15) is 4.79 Å². The third kappa shape index (κ3) is 5.19. The van der Waals surface area contributed by atoms with Gasteiger partial charge >= 0.3 is 0 Å². The van der Waals surface area contributed by atoms with Crippen LogP contribution >= 0.6 is 11.8 Å². The molecule has 16 heavy (non-hydrogen) atoms. The minimum absolute atomic E-state index is 0.0906. The van der Waals surface area contributed by atoms with Crippen LogP contribution in [0.4, 0.5) is 0 Å². The molecule has 0 aliphatic rings. The van der Waals surface area contributed by atoms with Crippen molar-refractivity contribution >= 4 is 17.7 Å². The van der Waals surface area contributed by atoms with E-state index in [1.807, 2.05) is 30.0 Å². The van der Waals surface area contributed by atoms with E-state index >= 15 is 0 Å². The fraction of sp³-hybridized carbons (Fsp3) is 0.417. The van der Waals surface area contributed by atoms with Crippen molar-refractivity contribution in [2.75, 3.05) is 0 Å². The Balaban J connectivity index is 2.20. The van der Waals surface area contributed by atoms with Crippen molar-refractivity contribution in [3.63, 3.8) is 0 Å². The molecule has 0 radical (unpaired) electrons. The average molecular weight is 238 g/mol. The van der Waals surface area contributed by atoms with E-state index in [2.05, 4.69) is 24.5 Å². The van der Waals surface area contributed by atoms with Crippen LogP contribution < -0.4 is 11.3 Å². The molecule has 3 N–H and O–H groups in total. The largest absolute Gasteiger partial charge is 0.294 e. The van der Waals surface area contributed by atoms with Crippen LogP contribution in [0.1, 0.15) is 25.3 Å². The molecule has 0 saturated carbocycles. The Morgan fingerprint density at radius 2 is 2.12 bits per heavy atom. The molecule has 4 heteroatoms. The lowest BCUT2D eigenvalue weighted by Gasteiger charge is -2.10. The first-order chi connectivity index (χ1) is 7.72. The molecule has 88 valence electrons. The molecule has 1 amide bonds. The van der Waals surface area contributed by atoms with E-state index in [1.54, 1.807) is 0 Å². The summed E-state index contributed by atoms with van der Waals surface area (Å²) in [6, 6.07) is 10.3. The summed E-state index contributed by atoms with van der Waals surface area (Å²) in [7, 11) is 0. The van der Waals surface area contributed by atoms with Gasteiger partial charge in [0.2, 0.25) is 5.91 Å². The van der Waals surface area contributed by atoms with Gasteiger partial charge in [0.05, 0.1) is 0 Å². The van der Waals surface area contributed by atoms with Crippen molar-refractivity contribution < 1.29 is 4.79 Å². The van der Waals surface area contributed by atoms with Crippen LogP contribution in [0, 0.1) is 0 Å². The zero-order valence-electron chi connectivity index (χ0n) is 9.48. The highest BCUT2D eigenvalue weighted by atomic mass is 32.2. The van der Waals surface area contributed by atoms with Gasteiger partial charge in [0.25, 0.3) is 0 Å². The second-order valence-corrected chi connectivity index (χ2v) is 5.14. The third-order valence-electron chi connectivity index (χ3n) is 2.32. The third-order valence-corrected chi connectivity index (χ3v) is 3.62. The number of hydrogen-bond donors (Lipinski definition) is 2. The lowest BCUT2D eigenvalue weighted by atomic mass is 10.2. The predicted octanol–water partition coefficient (Wildman–Crippen LogP) is 2.08. The van der Waals surface area contributed by atoms with Crippen LogP contribution in [0.5, 0.6) is 0 Å². The maximum absolute atomic E-state index is 10.9. The molecule has 1 atom stereocenters. The highest BCUT2D eigenvalue weighted by molar-refractivity contribution is 7.99. The highest BCUT2D eigenvalue weighted by Gasteiger charge is 2.06. The van der Waals surface area contributed by atoms with Gasteiger partial charge in [0.1, 0.15) is 0 Å². The average Bonchev–Trinajstić information content (AvgIpc) is 2.34. The van der Waals surface area contributed by atoms with Crippen LogP contribution in [-0.2, 0) is 10.5 Å². The minimum atomic E-state index is -0.0906. The Morgan fingerprint density at radius 1 is 1.44 bits per heavy atom. The van der Waals surface area contributed by atoms with Crippen molar-refractivity contribution in [1.82, 2.24) is 5.43 Å². The highest BCUT2D eigenvalue weighted by Crippen LogP contribution is 2.20. The molecular formula is C12H18N2OS. The van der Waals surface area contributed by atoms with Crippen molar-refractivity contribution in [2.24, 2.45) is 5.84 Å². The molecule has 1 aromatic rings. The molecule has 0 fully saturated rings. The normalized spacial score (nSPS) is 12.1. The molecular weight excluding hydrogens is 220 g/mol. The summed E-state index contributed by atoms with van der Waals surface area (Å²) in [6.07, 6.45) is 1.36. The fourth-order valence-corrected chi connectivity index (χ4v) is 2.26. The van der Waals surface area contributed by atoms with E-state index in [4.69, 9.17) is 5.84 Å². The molecule has 1 rings (SSSR count). The van der Waals surface area contributed by atoms with Crippen molar-refractivity contribution in [1.29, 1.82) is 0 Å². The lowest BCUT2D eigenvalue weighted by molar-refractivity contribution is -0.121. The predicted molar refractivity (Wildman–Crippen MR) is 68.8 cm³/mol. The first-order valence-corrected chi connectivity index (χ1v) is 6.42. The number of hydrazine groups is 1. The van der Waals surface area contributed by atoms with Crippen molar-refractivity contribution in [3.8, 4) is 0 Å². The Morgan fingerprint density at radius 3 is 2.75 bits per heavy atom. The van der Waals surface area contributed by atoms with Gasteiger partial charge in [-0.2, -0.15) is 11.8 Å². The minimum Gasteiger partial charge on any atom is -0.294 e. The molecule has 0 bridgehead atoms. The lowest BCUT2D eigenvalue weighted by Crippen LogP contribution is -2.30. The van der Waals surface area contributed by atoms with Gasteiger partial charge in [0, 0.05) is 17.4 Å². The van der Waals surface area contributed by atoms with Gasteiger partial charge in [-0.1, -0.05) is 37.3 Å². The first kappa shape index (κ1) is 13.1. The number of carbonyl (C=O) groups is 1. The van der Waals surface area contributed by atoms with E-state index in [-0.39, 0.29) is 5.91 Å². The second-order valence-electron chi connectivity index (χ2n) is 3.71. The number of carbonyl (C=O) groups excluding carboxylic acids is 1. The number of nitrogens with two attached hydrogens (primary N) is 1. The van der Waals surface area contributed by atoms with E-state index in [0.717, 1.165) is 12.2 Å². The fourth-order valence-electron chi connectivity index (χ4n) is 1.30. The first-order valence-electron chi connectivity index (χ1n) is 5.37. The second kappa shape index (κ2) is 7.30. The number of thioether (sulfide) groups is 1. The number of rotatable bonds is 6. The number of hydrogen-bond acceptors (Lipinski definition) is 3. The topological polar surface area (TPSA) is 55.1 Å². The molecule has 0 saturated heterocycles. The molecule has 0 heterocycles. The molecule has 0 aromatic heterocycles. The standard InChI is InChI=1S/C12H18N2OS/c1-10(7-8-12(15)14-13)16-9-11-5-3-2-4-6-11/h2-6,10H,7-9,13H2,1H3,(H,14,15).